The average Bonchev–Trinajstić information content (AvgIpc) is 3.16. The Morgan fingerprint density at radius 2 is 2.10 bits per heavy atom. The predicted octanol–water partition coefficient (Wildman–Crippen LogP) is 2.35. The minimum Gasteiger partial charge on any atom is -0.312 e. The number of sulfonamides is 1. The van der Waals surface area contributed by atoms with E-state index in [0.29, 0.717) is 16.8 Å². The number of nitrogens with zero attached hydrogens (tertiary/aromatic N) is 1. The van der Waals surface area contributed by atoms with Crippen LogP contribution in [0, 0.1) is 6.92 Å². The summed E-state index contributed by atoms with van der Waals surface area (Å²) in [6, 6.07) is 4.39. The molecule has 3 rings (SSSR count). The molecule has 2 fully saturated rings. The smallest absolute Gasteiger partial charge is 0.252 e. The van der Waals surface area contributed by atoms with Crippen molar-refractivity contribution in [2.75, 3.05) is 13.1 Å². The minimum absolute atomic E-state index is 0.122. The summed E-state index contributed by atoms with van der Waals surface area (Å²) in [5, 5.41) is 3.48. The molecule has 1 aromatic rings. The van der Waals surface area contributed by atoms with Crippen LogP contribution in [-0.4, -0.2) is 37.9 Å². The standard InChI is InChI=1S/C14H22N2O2S2/c1-11-5-8-14(19-11)20(17,18)16-9-3-2-4-13(16)10-15-12-6-7-12/h5,8,12-13,15H,2-4,6-7,9-10H2,1H3. The fourth-order valence-electron chi connectivity index (χ4n) is 2.75. The maximum atomic E-state index is 12.8. The molecule has 2 heterocycles. The monoisotopic (exact) mass is 314 g/mol. The lowest BCUT2D eigenvalue weighted by Gasteiger charge is -2.34. The summed E-state index contributed by atoms with van der Waals surface area (Å²) < 4.78 is 27.8. The molecule has 1 N–H and O–H groups in total. The van der Waals surface area contributed by atoms with Gasteiger partial charge in [-0.15, -0.1) is 11.3 Å². The summed E-state index contributed by atoms with van der Waals surface area (Å²) in [5.74, 6) is 0. The second-order valence-electron chi connectivity index (χ2n) is 5.81. The highest BCUT2D eigenvalue weighted by Crippen LogP contribution is 2.29. The lowest BCUT2D eigenvalue weighted by Crippen LogP contribution is -2.48. The number of aryl methyl sites for hydroxylation is 1. The van der Waals surface area contributed by atoms with Crippen LogP contribution >= 0.6 is 11.3 Å². The van der Waals surface area contributed by atoms with Gasteiger partial charge in [0, 0.05) is 30.1 Å². The Morgan fingerprint density at radius 1 is 1.30 bits per heavy atom. The van der Waals surface area contributed by atoms with Crippen LogP contribution in [-0.2, 0) is 10.0 Å². The van der Waals surface area contributed by atoms with Gasteiger partial charge in [0.05, 0.1) is 0 Å². The van der Waals surface area contributed by atoms with Gasteiger partial charge in [-0.05, 0) is 44.7 Å². The highest BCUT2D eigenvalue weighted by molar-refractivity contribution is 7.91. The van der Waals surface area contributed by atoms with E-state index in [1.54, 1.807) is 10.4 Å². The summed E-state index contributed by atoms with van der Waals surface area (Å²) in [6.07, 6.45) is 5.56. The zero-order valence-corrected chi connectivity index (χ0v) is 13.5. The molecule has 0 spiro atoms. The van der Waals surface area contributed by atoms with Crippen LogP contribution in [0.15, 0.2) is 16.3 Å². The molecule has 2 aliphatic rings. The molecular formula is C14H22N2O2S2. The molecule has 112 valence electrons. The van der Waals surface area contributed by atoms with Crippen molar-refractivity contribution in [1.82, 2.24) is 9.62 Å². The summed E-state index contributed by atoms with van der Waals surface area (Å²) in [4.78, 5) is 1.05. The normalized spacial score (nSPS) is 24.9. The van der Waals surface area contributed by atoms with E-state index in [-0.39, 0.29) is 6.04 Å². The first-order chi connectivity index (χ1) is 9.57. The van der Waals surface area contributed by atoms with Crippen LogP contribution in [0.25, 0.3) is 0 Å². The van der Waals surface area contributed by atoms with Crippen LogP contribution in [0.4, 0.5) is 0 Å². The van der Waals surface area contributed by atoms with E-state index in [4.69, 9.17) is 0 Å². The van der Waals surface area contributed by atoms with Gasteiger partial charge in [0.25, 0.3) is 10.0 Å². The second-order valence-corrected chi connectivity index (χ2v) is 9.22. The molecule has 0 bridgehead atoms. The quantitative estimate of drug-likeness (QED) is 0.907. The van der Waals surface area contributed by atoms with Crippen LogP contribution in [0.1, 0.15) is 37.0 Å². The van der Waals surface area contributed by atoms with Crippen molar-refractivity contribution in [2.24, 2.45) is 0 Å². The van der Waals surface area contributed by atoms with Crippen molar-refractivity contribution in [3.05, 3.63) is 17.0 Å². The van der Waals surface area contributed by atoms with Gasteiger partial charge in [-0.1, -0.05) is 6.42 Å². The molecule has 20 heavy (non-hydrogen) atoms. The summed E-state index contributed by atoms with van der Waals surface area (Å²) >= 11 is 1.38. The van der Waals surface area contributed by atoms with Crippen LogP contribution in [0.5, 0.6) is 0 Å². The van der Waals surface area contributed by atoms with Crippen molar-refractivity contribution >= 4 is 21.4 Å². The Morgan fingerprint density at radius 3 is 2.75 bits per heavy atom. The first-order valence-corrected chi connectivity index (χ1v) is 9.65. The van der Waals surface area contributed by atoms with Crippen molar-refractivity contribution in [2.45, 2.75) is 55.3 Å². The van der Waals surface area contributed by atoms with Gasteiger partial charge in [-0.3, -0.25) is 0 Å². The predicted molar refractivity (Wildman–Crippen MR) is 81.6 cm³/mol. The van der Waals surface area contributed by atoms with E-state index >= 15 is 0 Å². The van der Waals surface area contributed by atoms with Gasteiger partial charge >= 0.3 is 0 Å². The molecule has 1 unspecified atom stereocenters. The summed E-state index contributed by atoms with van der Waals surface area (Å²) in [5.41, 5.74) is 0. The van der Waals surface area contributed by atoms with E-state index < -0.39 is 10.0 Å². The van der Waals surface area contributed by atoms with E-state index in [1.165, 1.54) is 24.2 Å². The van der Waals surface area contributed by atoms with Gasteiger partial charge in [-0.2, -0.15) is 4.31 Å². The number of rotatable bonds is 5. The number of hydrogen-bond donors (Lipinski definition) is 1. The second kappa shape index (κ2) is 5.75. The molecular weight excluding hydrogens is 292 g/mol. The highest BCUT2D eigenvalue weighted by Gasteiger charge is 2.35. The molecule has 1 saturated heterocycles. The van der Waals surface area contributed by atoms with Crippen molar-refractivity contribution in [1.29, 1.82) is 0 Å². The molecule has 4 nitrogen and oxygen atoms in total. The molecule has 0 amide bonds. The maximum absolute atomic E-state index is 12.8. The Labute approximate surface area is 125 Å². The average molecular weight is 314 g/mol. The molecule has 1 aliphatic heterocycles. The van der Waals surface area contributed by atoms with E-state index in [2.05, 4.69) is 5.32 Å². The third-order valence-corrected chi connectivity index (χ3v) is 7.49. The summed E-state index contributed by atoms with van der Waals surface area (Å²) in [6.45, 7) is 3.41. The van der Waals surface area contributed by atoms with Crippen molar-refractivity contribution < 1.29 is 8.42 Å². The number of piperidine rings is 1. The Balaban J connectivity index is 1.77. The van der Waals surface area contributed by atoms with Crippen LogP contribution in [0.2, 0.25) is 0 Å². The fraction of sp³-hybridized carbons (Fsp3) is 0.714. The Hall–Kier alpha value is -0.430. The van der Waals surface area contributed by atoms with E-state index in [1.807, 2.05) is 13.0 Å². The SMILES string of the molecule is Cc1ccc(S(=O)(=O)N2CCCCC2CNC2CC2)s1. The van der Waals surface area contributed by atoms with Gasteiger partial charge in [0.15, 0.2) is 0 Å². The first-order valence-electron chi connectivity index (χ1n) is 7.39. The van der Waals surface area contributed by atoms with Crippen molar-refractivity contribution in [3.63, 3.8) is 0 Å². The number of thiophene rings is 1. The van der Waals surface area contributed by atoms with Gasteiger partial charge < -0.3 is 5.32 Å². The Kier molecular flexibility index (Phi) is 4.17. The zero-order valence-electron chi connectivity index (χ0n) is 11.8. The molecule has 0 radical (unpaired) electrons. The third kappa shape index (κ3) is 3.08. The number of nitrogens with one attached hydrogen (secondary N) is 1. The van der Waals surface area contributed by atoms with Gasteiger partial charge in [0.1, 0.15) is 4.21 Å². The van der Waals surface area contributed by atoms with Gasteiger partial charge in [0.2, 0.25) is 0 Å². The van der Waals surface area contributed by atoms with E-state index in [9.17, 15) is 8.42 Å². The molecule has 0 aromatic carbocycles. The topological polar surface area (TPSA) is 49.4 Å². The largest absolute Gasteiger partial charge is 0.312 e. The Bertz CT molecular complexity index is 563. The van der Waals surface area contributed by atoms with E-state index in [0.717, 1.165) is 30.7 Å². The summed E-state index contributed by atoms with van der Waals surface area (Å²) in [7, 11) is -3.31. The fourth-order valence-corrected chi connectivity index (χ4v) is 5.86. The minimum atomic E-state index is -3.31. The maximum Gasteiger partial charge on any atom is 0.252 e. The molecule has 1 saturated carbocycles. The lowest BCUT2D eigenvalue weighted by molar-refractivity contribution is 0.245. The molecule has 1 aliphatic carbocycles. The third-order valence-electron chi connectivity index (χ3n) is 4.07. The van der Waals surface area contributed by atoms with Gasteiger partial charge in [-0.25, -0.2) is 8.42 Å². The highest BCUT2D eigenvalue weighted by atomic mass is 32.2. The molecule has 1 atom stereocenters. The van der Waals surface area contributed by atoms with Crippen LogP contribution < -0.4 is 5.32 Å². The van der Waals surface area contributed by atoms with Crippen LogP contribution in [0.3, 0.4) is 0 Å². The lowest BCUT2D eigenvalue weighted by atomic mass is 10.1. The molecule has 1 aromatic heterocycles. The number of hydrogen-bond acceptors (Lipinski definition) is 4. The van der Waals surface area contributed by atoms with Crippen molar-refractivity contribution in [3.8, 4) is 0 Å². The first kappa shape index (κ1) is 14.5. The molecule has 6 heteroatoms. The zero-order chi connectivity index (χ0) is 14.2.